The van der Waals surface area contributed by atoms with Crippen molar-refractivity contribution >= 4 is 11.8 Å². The molecule has 1 aliphatic rings. The molecule has 5 nitrogen and oxygen atoms in total. The van der Waals surface area contributed by atoms with E-state index in [9.17, 15) is 9.90 Å². The highest BCUT2D eigenvalue weighted by Gasteiger charge is 2.33. The number of carbonyl (C=O) groups is 1. The van der Waals surface area contributed by atoms with E-state index in [2.05, 4.69) is 5.16 Å². The molecule has 5 heteroatoms. The molecule has 0 aromatic heterocycles. The summed E-state index contributed by atoms with van der Waals surface area (Å²) < 4.78 is 0. The van der Waals surface area contributed by atoms with Crippen molar-refractivity contribution in [1.29, 1.82) is 0 Å². The van der Waals surface area contributed by atoms with Gasteiger partial charge in [-0.15, -0.1) is 0 Å². The maximum atomic E-state index is 11.5. The predicted octanol–water partition coefficient (Wildman–Crippen LogP) is 3.75. The highest BCUT2D eigenvalue weighted by atomic mass is 16.6. The van der Waals surface area contributed by atoms with E-state index in [1.165, 1.54) is 4.90 Å². The summed E-state index contributed by atoms with van der Waals surface area (Å²) in [7, 11) is 0. The number of likely N-dealkylation sites (tertiary alicyclic amines) is 1. The zero-order chi connectivity index (χ0) is 16.8. The lowest BCUT2D eigenvalue weighted by molar-refractivity contribution is 0.125. The van der Waals surface area contributed by atoms with Crippen LogP contribution in [0.15, 0.2) is 65.8 Å². The van der Waals surface area contributed by atoms with Gasteiger partial charge in [-0.25, -0.2) is 4.79 Å². The summed E-state index contributed by atoms with van der Waals surface area (Å²) in [6.07, 6.45) is 0.681. The number of hydrogen-bond donors (Lipinski definition) is 1. The Morgan fingerprint density at radius 1 is 1.12 bits per heavy atom. The van der Waals surface area contributed by atoms with Gasteiger partial charge in [0.1, 0.15) is 12.3 Å². The van der Waals surface area contributed by atoms with Crippen LogP contribution in [-0.2, 0) is 11.4 Å². The van der Waals surface area contributed by atoms with Gasteiger partial charge in [-0.1, -0.05) is 65.8 Å². The minimum Gasteiger partial charge on any atom is -0.465 e. The zero-order valence-corrected chi connectivity index (χ0v) is 13.3. The van der Waals surface area contributed by atoms with Crippen LogP contribution in [0, 0.1) is 0 Å². The number of oxime groups is 1. The third-order valence-corrected chi connectivity index (χ3v) is 4.12. The number of hydrogen-bond acceptors (Lipinski definition) is 3. The van der Waals surface area contributed by atoms with E-state index in [0.717, 1.165) is 24.0 Å². The average Bonchev–Trinajstić information content (AvgIpc) is 3.10. The van der Waals surface area contributed by atoms with Crippen LogP contribution in [0.2, 0.25) is 0 Å². The van der Waals surface area contributed by atoms with Gasteiger partial charge in [-0.05, 0) is 18.4 Å². The van der Waals surface area contributed by atoms with Crippen LogP contribution < -0.4 is 0 Å². The minimum absolute atomic E-state index is 0.263. The Kier molecular flexibility index (Phi) is 5.11. The van der Waals surface area contributed by atoms with Gasteiger partial charge in [0.25, 0.3) is 0 Å². The molecule has 1 atom stereocenters. The Morgan fingerprint density at radius 3 is 2.46 bits per heavy atom. The lowest BCUT2D eigenvalue weighted by Gasteiger charge is -2.23. The molecule has 1 saturated heterocycles. The van der Waals surface area contributed by atoms with Gasteiger partial charge in [0.2, 0.25) is 0 Å². The average molecular weight is 324 g/mol. The summed E-state index contributed by atoms with van der Waals surface area (Å²) in [5, 5.41) is 13.7. The van der Waals surface area contributed by atoms with Crippen LogP contribution in [0.5, 0.6) is 0 Å². The molecule has 2 aromatic carbocycles. The molecule has 1 fully saturated rings. The SMILES string of the molecule is O=C(O)N1CCCC1C(=NOCc1ccccc1)c1ccccc1. The first-order valence-electron chi connectivity index (χ1n) is 8.04. The molecule has 1 aliphatic heterocycles. The van der Waals surface area contributed by atoms with Crippen molar-refractivity contribution in [3.8, 4) is 0 Å². The van der Waals surface area contributed by atoms with Gasteiger partial charge in [0.15, 0.2) is 0 Å². The Balaban J connectivity index is 1.82. The van der Waals surface area contributed by atoms with Gasteiger partial charge >= 0.3 is 6.09 Å². The highest BCUT2D eigenvalue weighted by molar-refractivity contribution is 6.05. The van der Waals surface area contributed by atoms with Crippen molar-refractivity contribution in [2.45, 2.75) is 25.5 Å². The van der Waals surface area contributed by atoms with Gasteiger partial charge in [-0.3, -0.25) is 4.90 Å². The van der Waals surface area contributed by atoms with Crippen LogP contribution in [0.25, 0.3) is 0 Å². The van der Waals surface area contributed by atoms with Crippen molar-refractivity contribution in [3.05, 3.63) is 71.8 Å². The number of amides is 1. The second-order valence-corrected chi connectivity index (χ2v) is 5.74. The van der Waals surface area contributed by atoms with E-state index < -0.39 is 6.09 Å². The molecule has 1 N–H and O–H groups in total. The highest BCUT2D eigenvalue weighted by Crippen LogP contribution is 2.22. The van der Waals surface area contributed by atoms with Crippen molar-refractivity contribution < 1.29 is 14.7 Å². The van der Waals surface area contributed by atoms with E-state index in [-0.39, 0.29) is 6.04 Å². The summed E-state index contributed by atoms with van der Waals surface area (Å²) >= 11 is 0. The van der Waals surface area contributed by atoms with Crippen molar-refractivity contribution in [1.82, 2.24) is 4.90 Å². The lowest BCUT2D eigenvalue weighted by atomic mass is 10.0. The molecule has 124 valence electrons. The van der Waals surface area contributed by atoms with E-state index in [4.69, 9.17) is 4.84 Å². The fraction of sp³-hybridized carbons (Fsp3) is 0.263. The Labute approximate surface area is 141 Å². The Bertz CT molecular complexity index is 701. The number of rotatable bonds is 5. The van der Waals surface area contributed by atoms with Crippen LogP contribution in [0.4, 0.5) is 4.79 Å². The summed E-state index contributed by atoms with van der Waals surface area (Å²) in [6, 6.07) is 19.2. The van der Waals surface area contributed by atoms with Gasteiger partial charge in [-0.2, -0.15) is 0 Å². The molecule has 0 radical (unpaired) electrons. The maximum Gasteiger partial charge on any atom is 0.407 e. The summed E-state index contributed by atoms with van der Waals surface area (Å²) in [4.78, 5) is 18.5. The molecular weight excluding hydrogens is 304 g/mol. The minimum atomic E-state index is -0.913. The van der Waals surface area contributed by atoms with Gasteiger partial charge in [0.05, 0.1) is 6.04 Å². The van der Waals surface area contributed by atoms with Crippen molar-refractivity contribution in [3.63, 3.8) is 0 Å². The molecular formula is C19H20N2O3. The predicted molar refractivity (Wildman–Crippen MR) is 92.0 cm³/mol. The van der Waals surface area contributed by atoms with E-state index in [0.29, 0.717) is 18.9 Å². The molecule has 2 aromatic rings. The van der Waals surface area contributed by atoms with Crippen LogP contribution in [-0.4, -0.2) is 34.4 Å². The Morgan fingerprint density at radius 2 is 1.79 bits per heavy atom. The van der Waals surface area contributed by atoms with Crippen molar-refractivity contribution in [2.24, 2.45) is 5.16 Å². The fourth-order valence-electron chi connectivity index (χ4n) is 2.95. The number of carboxylic acid groups (broad SMARTS) is 1. The molecule has 1 heterocycles. The second-order valence-electron chi connectivity index (χ2n) is 5.74. The molecule has 1 amide bonds. The molecule has 24 heavy (non-hydrogen) atoms. The first-order valence-corrected chi connectivity index (χ1v) is 8.04. The molecule has 0 saturated carbocycles. The fourth-order valence-corrected chi connectivity index (χ4v) is 2.95. The zero-order valence-electron chi connectivity index (χ0n) is 13.3. The lowest BCUT2D eigenvalue weighted by Crippen LogP contribution is -2.40. The standard InChI is InChI=1S/C19H20N2O3/c22-19(23)21-13-7-12-17(21)18(16-10-5-2-6-11-16)20-24-14-15-8-3-1-4-9-15/h1-6,8-11,17H,7,12-14H2,(H,22,23). The van der Waals surface area contributed by atoms with E-state index in [1.807, 2.05) is 60.7 Å². The van der Waals surface area contributed by atoms with Crippen LogP contribution in [0.1, 0.15) is 24.0 Å². The molecule has 3 rings (SSSR count). The topological polar surface area (TPSA) is 62.1 Å². The first-order chi connectivity index (χ1) is 11.8. The smallest absolute Gasteiger partial charge is 0.407 e. The molecule has 0 bridgehead atoms. The second kappa shape index (κ2) is 7.64. The number of nitrogens with zero attached hydrogens (tertiary/aromatic N) is 2. The third kappa shape index (κ3) is 3.74. The maximum absolute atomic E-state index is 11.5. The summed E-state index contributed by atoms with van der Waals surface area (Å²) in [5.41, 5.74) is 2.59. The van der Waals surface area contributed by atoms with Crippen LogP contribution >= 0.6 is 0 Å². The Hall–Kier alpha value is -2.82. The monoisotopic (exact) mass is 324 g/mol. The quantitative estimate of drug-likeness (QED) is 0.673. The largest absolute Gasteiger partial charge is 0.465 e. The summed E-state index contributed by atoms with van der Waals surface area (Å²) in [6.45, 7) is 0.890. The number of benzene rings is 2. The van der Waals surface area contributed by atoms with Gasteiger partial charge < -0.3 is 9.94 Å². The van der Waals surface area contributed by atoms with E-state index in [1.54, 1.807) is 0 Å². The van der Waals surface area contributed by atoms with Gasteiger partial charge in [0, 0.05) is 12.1 Å². The van der Waals surface area contributed by atoms with Crippen molar-refractivity contribution in [2.75, 3.05) is 6.54 Å². The first kappa shape index (κ1) is 16.1. The van der Waals surface area contributed by atoms with E-state index >= 15 is 0 Å². The molecule has 0 aliphatic carbocycles. The molecule has 0 spiro atoms. The summed E-state index contributed by atoms with van der Waals surface area (Å²) in [5.74, 6) is 0. The van der Waals surface area contributed by atoms with Crippen LogP contribution in [0.3, 0.4) is 0 Å². The molecule has 1 unspecified atom stereocenters. The normalized spacial score (nSPS) is 17.8. The third-order valence-electron chi connectivity index (χ3n) is 4.12.